The first kappa shape index (κ1) is 10.2. The van der Waals surface area contributed by atoms with Crippen LogP contribution in [0.1, 0.15) is 24.5 Å². The van der Waals surface area contributed by atoms with Gasteiger partial charge in [-0.15, -0.1) is 0 Å². The van der Waals surface area contributed by atoms with Crippen molar-refractivity contribution >= 4 is 0 Å². The second-order valence-electron chi connectivity index (χ2n) is 5.06. The Bertz CT molecular complexity index is 388. The molecule has 1 heterocycles. The van der Waals surface area contributed by atoms with Gasteiger partial charge in [0.1, 0.15) is 5.75 Å². The fourth-order valence-corrected chi connectivity index (χ4v) is 2.40. The quantitative estimate of drug-likeness (QED) is 0.834. The highest BCUT2D eigenvalue weighted by Gasteiger charge is 2.31. The van der Waals surface area contributed by atoms with Crippen molar-refractivity contribution in [2.45, 2.75) is 32.2 Å². The summed E-state index contributed by atoms with van der Waals surface area (Å²) in [5.41, 5.74) is 2.82. The first-order valence-electron chi connectivity index (χ1n) is 6.31. The van der Waals surface area contributed by atoms with Crippen molar-refractivity contribution in [3.05, 3.63) is 29.3 Å². The molecule has 0 bridgehead atoms. The lowest BCUT2D eigenvalue weighted by Crippen LogP contribution is -2.20. The normalized spacial score (nSPS) is 26.3. The molecule has 16 heavy (non-hydrogen) atoms. The van der Waals surface area contributed by atoms with E-state index in [-0.39, 0.29) is 0 Å². The van der Waals surface area contributed by atoms with Crippen molar-refractivity contribution in [1.29, 1.82) is 0 Å². The van der Waals surface area contributed by atoms with Crippen LogP contribution in [0.15, 0.2) is 18.2 Å². The molecule has 2 aliphatic rings. The van der Waals surface area contributed by atoms with Crippen molar-refractivity contribution in [3.63, 3.8) is 0 Å². The molecule has 0 spiro atoms. The van der Waals surface area contributed by atoms with Crippen LogP contribution >= 0.6 is 0 Å². The van der Waals surface area contributed by atoms with Gasteiger partial charge in [0.05, 0.1) is 6.61 Å². The largest absolute Gasteiger partial charge is 0.493 e. The lowest BCUT2D eigenvalue weighted by molar-refractivity contribution is 0.357. The smallest absolute Gasteiger partial charge is 0.122 e. The fourth-order valence-electron chi connectivity index (χ4n) is 2.40. The Morgan fingerprint density at radius 3 is 3.12 bits per heavy atom. The number of rotatable bonds is 4. The zero-order valence-electron chi connectivity index (χ0n) is 9.83. The molecule has 1 saturated carbocycles. The van der Waals surface area contributed by atoms with Crippen LogP contribution < -0.4 is 10.1 Å². The zero-order chi connectivity index (χ0) is 11.0. The van der Waals surface area contributed by atoms with E-state index in [0.29, 0.717) is 0 Å². The summed E-state index contributed by atoms with van der Waals surface area (Å²) in [5.74, 6) is 1.99. The Morgan fingerprint density at radius 2 is 2.31 bits per heavy atom. The van der Waals surface area contributed by atoms with Gasteiger partial charge < -0.3 is 10.1 Å². The van der Waals surface area contributed by atoms with Crippen LogP contribution in [0.25, 0.3) is 0 Å². The average molecular weight is 217 g/mol. The van der Waals surface area contributed by atoms with Crippen LogP contribution in [-0.4, -0.2) is 19.2 Å². The summed E-state index contributed by atoms with van der Waals surface area (Å²) >= 11 is 0. The van der Waals surface area contributed by atoms with Crippen molar-refractivity contribution in [2.24, 2.45) is 5.92 Å². The van der Waals surface area contributed by atoms with Gasteiger partial charge in [0.25, 0.3) is 0 Å². The van der Waals surface area contributed by atoms with Crippen LogP contribution in [0.2, 0.25) is 0 Å². The topological polar surface area (TPSA) is 21.3 Å². The Kier molecular flexibility index (Phi) is 2.60. The van der Waals surface area contributed by atoms with Crippen LogP contribution in [0.3, 0.4) is 0 Å². The molecule has 0 amide bonds. The highest BCUT2D eigenvalue weighted by atomic mass is 16.5. The first-order valence-corrected chi connectivity index (χ1v) is 6.31. The molecule has 2 nitrogen and oxygen atoms in total. The van der Waals surface area contributed by atoms with Crippen LogP contribution in [-0.2, 0) is 12.8 Å². The molecule has 0 saturated heterocycles. The summed E-state index contributed by atoms with van der Waals surface area (Å²) in [6.45, 7) is 4.27. The third-order valence-electron chi connectivity index (χ3n) is 3.68. The van der Waals surface area contributed by atoms with Crippen LogP contribution in [0, 0.1) is 5.92 Å². The maximum Gasteiger partial charge on any atom is 0.122 e. The van der Waals surface area contributed by atoms with E-state index in [0.717, 1.165) is 43.7 Å². The Morgan fingerprint density at radius 1 is 1.44 bits per heavy atom. The molecule has 1 aliphatic carbocycles. The summed E-state index contributed by atoms with van der Waals surface area (Å²) in [4.78, 5) is 0. The van der Waals surface area contributed by atoms with Crippen molar-refractivity contribution in [2.75, 3.05) is 13.2 Å². The molecule has 1 aliphatic heterocycles. The molecule has 3 rings (SSSR count). The molecule has 1 aromatic carbocycles. The molecule has 86 valence electrons. The summed E-state index contributed by atoms with van der Waals surface area (Å²) < 4.78 is 5.50. The van der Waals surface area contributed by atoms with Crippen LogP contribution in [0.4, 0.5) is 0 Å². The van der Waals surface area contributed by atoms with Crippen molar-refractivity contribution < 1.29 is 4.74 Å². The predicted octanol–water partition coefficient (Wildman–Crippen LogP) is 2.16. The number of hydrogen-bond donors (Lipinski definition) is 1. The third kappa shape index (κ3) is 2.07. The van der Waals surface area contributed by atoms with Gasteiger partial charge in [0.15, 0.2) is 0 Å². The van der Waals surface area contributed by atoms with Gasteiger partial charge in [-0.25, -0.2) is 0 Å². The molecule has 1 N–H and O–H groups in total. The molecule has 1 fully saturated rings. The molecular formula is C14H19NO. The SMILES string of the molecule is CC1CC1NCCc1ccc2c(c1)CCO2. The number of fused-ring (bicyclic) bond motifs is 1. The molecular weight excluding hydrogens is 198 g/mol. The Balaban J connectivity index is 1.54. The van der Waals surface area contributed by atoms with E-state index in [4.69, 9.17) is 4.74 Å². The monoisotopic (exact) mass is 217 g/mol. The highest BCUT2D eigenvalue weighted by Crippen LogP contribution is 2.29. The van der Waals surface area contributed by atoms with Gasteiger partial charge in [-0.1, -0.05) is 19.1 Å². The molecule has 0 radical (unpaired) electrons. The van der Waals surface area contributed by atoms with Gasteiger partial charge >= 0.3 is 0 Å². The summed E-state index contributed by atoms with van der Waals surface area (Å²) in [5, 5.41) is 3.59. The zero-order valence-corrected chi connectivity index (χ0v) is 9.83. The van der Waals surface area contributed by atoms with Gasteiger partial charge in [0.2, 0.25) is 0 Å². The number of nitrogens with one attached hydrogen (secondary N) is 1. The fraction of sp³-hybridized carbons (Fsp3) is 0.571. The van der Waals surface area contributed by atoms with E-state index < -0.39 is 0 Å². The minimum Gasteiger partial charge on any atom is -0.493 e. The van der Waals surface area contributed by atoms with Gasteiger partial charge in [-0.05, 0) is 42.5 Å². The highest BCUT2D eigenvalue weighted by molar-refractivity contribution is 5.39. The van der Waals surface area contributed by atoms with Gasteiger partial charge in [-0.2, -0.15) is 0 Å². The van der Waals surface area contributed by atoms with E-state index in [9.17, 15) is 0 Å². The van der Waals surface area contributed by atoms with E-state index in [2.05, 4.69) is 30.4 Å². The van der Waals surface area contributed by atoms with Crippen molar-refractivity contribution in [1.82, 2.24) is 5.32 Å². The third-order valence-corrected chi connectivity index (χ3v) is 3.68. The predicted molar refractivity (Wildman–Crippen MR) is 64.9 cm³/mol. The molecule has 1 aromatic rings. The van der Waals surface area contributed by atoms with E-state index >= 15 is 0 Å². The lowest BCUT2D eigenvalue weighted by Gasteiger charge is -2.05. The van der Waals surface area contributed by atoms with Crippen molar-refractivity contribution in [3.8, 4) is 5.75 Å². The van der Waals surface area contributed by atoms with Crippen LogP contribution in [0.5, 0.6) is 5.75 Å². The summed E-state index contributed by atoms with van der Waals surface area (Å²) in [6, 6.07) is 7.41. The minimum atomic E-state index is 0.790. The number of ether oxygens (including phenoxy) is 1. The average Bonchev–Trinajstić information content (AvgIpc) is 2.80. The second-order valence-corrected chi connectivity index (χ2v) is 5.06. The van der Waals surface area contributed by atoms with E-state index in [1.54, 1.807) is 0 Å². The maximum atomic E-state index is 5.50. The molecule has 2 heteroatoms. The Labute approximate surface area is 97.0 Å². The number of benzene rings is 1. The molecule has 0 aromatic heterocycles. The second kappa shape index (κ2) is 4.10. The minimum absolute atomic E-state index is 0.790. The molecule has 2 atom stereocenters. The van der Waals surface area contributed by atoms with E-state index in [1.165, 1.54) is 17.5 Å². The van der Waals surface area contributed by atoms with Gasteiger partial charge in [0, 0.05) is 12.5 Å². The van der Waals surface area contributed by atoms with E-state index in [1.807, 2.05) is 0 Å². The summed E-state index contributed by atoms with van der Waals surface area (Å²) in [7, 11) is 0. The standard InChI is InChI=1S/C14H19NO/c1-10-8-13(10)15-6-4-11-2-3-14-12(9-11)5-7-16-14/h2-3,9-10,13,15H,4-8H2,1H3. The Hall–Kier alpha value is -1.02. The lowest BCUT2D eigenvalue weighted by atomic mass is 10.1. The first-order chi connectivity index (χ1) is 7.83. The maximum absolute atomic E-state index is 5.50. The number of hydrogen-bond acceptors (Lipinski definition) is 2. The molecule has 2 unspecified atom stereocenters. The van der Waals surface area contributed by atoms with Gasteiger partial charge in [-0.3, -0.25) is 0 Å². The summed E-state index contributed by atoms with van der Waals surface area (Å²) in [6.07, 6.45) is 3.57.